The number of hydrogen-bond acceptors (Lipinski definition) is 5. The van der Waals surface area contributed by atoms with Crippen molar-refractivity contribution in [3.05, 3.63) is 59.9 Å². The molecule has 0 spiro atoms. The molecule has 6 heteroatoms. The largest absolute Gasteiger partial charge is 0.452 e. The maximum atomic E-state index is 13.1. The SMILES string of the molecule is CN(C)CCNC(=O)c1cccc(-c2cccc3cc(C(=O)C[C@@H]4CN5CCC4CC5)oc23)c1. The van der Waals surface area contributed by atoms with Crippen molar-refractivity contribution >= 4 is 22.7 Å². The topological polar surface area (TPSA) is 65.8 Å². The number of hydrogen-bond donors (Lipinski definition) is 1. The van der Waals surface area contributed by atoms with Crippen LogP contribution in [-0.2, 0) is 0 Å². The third-order valence-electron chi connectivity index (χ3n) is 7.34. The Balaban J connectivity index is 1.36. The lowest BCUT2D eigenvalue weighted by molar-refractivity contribution is 0.0433. The molecule has 3 aliphatic heterocycles. The number of benzene rings is 2. The molecule has 3 saturated heterocycles. The molecule has 178 valence electrons. The Hall–Kier alpha value is -2.96. The zero-order valence-corrected chi connectivity index (χ0v) is 20.0. The molecule has 0 unspecified atom stereocenters. The van der Waals surface area contributed by atoms with Crippen LogP contribution >= 0.6 is 0 Å². The summed E-state index contributed by atoms with van der Waals surface area (Å²) in [4.78, 5) is 30.3. The fourth-order valence-electron chi connectivity index (χ4n) is 5.41. The molecule has 1 amide bonds. The Labute approximate surface area is 200 Å². The number of nitrogens with zero attached hydrogens (tertiary/aromatic N) is 2. The van der Waals surface area contributed by atoms with E-state index in [0.717, 1.165) is 29.6 Å². The lowest BCUT2D eigenvalue weighted by atomic mass is 9.76. The van der Waals surface area contributed by atoms with E-state index in [1.807, 2.05) is 67.5 Å². The Kier molecular flexibility index (Phi) is 6.53. The number of nitrogens with one attached hydrogen (secondary N) is 1. The molecule has 1 N–H and O–H groups in total. The van der Waals surface area contributed by atoms with Gasteiger partial charge >= 0.3 is 0 Å². The summed E-state index contributed by atoms with van der Waals surface area (Å²) >= 11 is 0. The number of furan rings is 1. The van der Waals surface area contributed by atoms with Crippen molar-refractivity contribution in [2.45, 2.75) is 19.3 Å². The first kappa shape index (κ1) is 22.8. The number of carbonyl (C=O) groups excluding carboxylic acids is 2. The Bertz CT molecular complexity index is 1190. The first-order valence-electron chi connectivity index (χ1n) is 12.3. The molecular weight excluding hydrogens is 426 g/mol. The zero-order chi connectivity index (χ0) is 23.7. The lowest BCUT2D eigenvalue weighted by Crippen LogP contribution is -2.47. The van der Waals surface area contributed by atoms with Crippen LogP contribution in [0.5, 0.6) is 0 Å². The second-order valence-corrected chi connectivity index (χ2v) is 10.00. The van der Waals surface area contributed by atoms with Crippen LogP contribution in [0.1, 0.15) is 40.2 Å². The first-order valence-corrected chi connectivity index (χ1v) is 12.3. The fraction of sp³-hybridized carbons (Fsp3) is 0.429. The van der Waals surface area contributed by atoms with E-state index in [1.54, 1.807) is 0 Å². The van der Waals surface area contributed by atoms with Crippen molar-refractivity contribution in [2.24, 2.45) is 11.8 Å². The summed E-state index contributed by atoms with van der Waals surface area (Å²) in [6, 6.07) is 15.4. The Morgan fingerprint density at radius 3 is 2.62 bits per heavy atom. The molecule has 3 aliphatic rings. The van der Waals surface area contributed by atoms with Gasteiger partial charge in [0.25, 0.3) is 5.91 Å². The van der Waals surface area contributed by atoms with Crippen molar-refractivity contribution < 1.29 is 14.0 Å². The quantitative estimate of drug-likeness (QED) is 0.509. The standard InChI is InChI=1S/C28H33N3O3/c1-30(2)14-11-29-28(33)22-7-3-5-20(15-22)24-8-4-6-21-17-26(34-27(21)24)25(32)16-23-18-31-12-9-19(23)10-13-31/h3-8,15,17,19,23H,9-14,16,18H2,1-2H3,(H,29,33)/t23-/m1/s1. The van der Waals surface area contributed by atoms with Crippen molar-refractivity contribution in [1.82, 2.24) is 15.1 Å². The van der Waals surface area contributed by atoms with Gasteiger partial charge in [0.05, 0.1) is 0 Å². The van der Waals surface area contributed by atoms with Gasteiger partial charge in [0.1, 0.15) is 5.58 Å². The summed E-state index contributed by atoms with van der Waals surface area (Å²) in [5.41, 5.74) is 3.10. The normalized spacial score (nSPS) is 21.8. The van der Waals surface area contributed by atoms with Gasteiger partial charge in [0, 0.05) is 42.6 Å². The first-order chi connectivity index (χ1) is 16.5. The third kappa shape index (κ3) is 4.79. The molecule has 2 aromatic carbocycles. The average Bonchev–Trinajstić information content (AvgIpc) is 3.29. The summed E-state index contributed by atoms with van der Waals surface area (Å²) in [5.74, 6) is 1.54. The summed E-state index contributed by atoms with van der Waals surface area (Å²) in [6.07, 6.45) is 2.97. The van der Waals surface area contributed by atoms with Gasteiger partial charge < -0.3 is 19.5 Å². The summed E-state index contributed by atoms with van der Waals surface area (Å²) < 4.78 is 6.16. The molecule has 6 nitrogen and oxygen atoms in total. The van der Waals surface area contributed by atoms with Crippen molar-refractivity contribution in [3.63, 3.8) is 0 Å². The van der Waals surface area contributed by atoms with Gasteiger partial charge in [-0.3, -0.25) is 9.59 Å². The van der Waals surface area contributed by atoms with E-state index in [-0.39, 0.29) is 11.7 Å². The summed E-state index contributed by atoms with van der Waals surface area (Å²) in [6.45, 7) is 4.76. The minimum absolute atomic E-state index is 0.0925. The monoisotopic (exact) mass is 459 g/mol. The molecule has 3 fully saturated rings. The molecular formula is C28H33N3O3. The maximum Gasteiger partial charge on any atom is 0.251 e. The predicted molar refractivity (Wildman–Crippen MR) is 134 cm³/mol. The average molecular weight is 460 g/mol. The van der Waals surface area contributed by atoms with E-state index < -0.39 is 0 Å². The molecule has 6 rings (SSSR count). The molecule has 0 aliphatic carbocycles. The van der Waals surface area contributed by atoms with Crippen molar-refractivity contribution in [3.8, 4) is 11.1 Å². The van der Waals surface area contributed by atoms with Gasteiger partial charge in [-0.2, -0.15) is 0 Å². The molecule has 34 heavy (non-hydrogen) atoms. The molecule has 0 radical (unpaired) electrons. The van der Waals surface area contributed by atoms with Gasteiger partial charge in [-0.1, -0.05) is 30.3 Å². The Morgan fingerprint density at radius 2 is 1.88 bits per heavy atom. The van der Waals surface area contributed by atoms with Crippen LogP contribution in [0.3, 0.4) is 0 Å². The number of amides is 1. The highest BCUT2D eigenvalue weighted by Crippen LogP contribution is 2.36. The van der Waals surface area contributed by atoms with Crippen LogP contribution in [0.15, 0.2) is 52.9 Å². The van der Waals surface area contributed by atoms with Crippen LogP contribution in [0, 0.1) is 11.8 Å². The highest BCUT2D eigenvalue weighted by molar-refractivity contribution is 6.02. The number of likely N-dealkylation sites (N-methyl/N-ethyl adjacent to an activating group) is 1. The van der Waals surface area contributed by atoms with Crippen LogP contribution in [0.25, 0.3) is 22.1 Å². The number of para-hydroxylation sites is 1. The molecule has 1 aromatic heterocycles. The van der Waals surface area contributed by atoms with E-state index >= 15 is 0 Å². The minimum Gasteiger partial charge on any atom is -0.452 e. The molecule has 3 aromatic rings. The summed E-state index contributed by atoms with van der Waals surface area (Å²) in [5, 5.41) is 3.88. The molecule has 2 bridgehead atoms. The van der Waals surface area contributed by atoms with Gasteiger partial charge in [0.15, 0.2) is 11.5 Å². The van der Waals surface area contributed by atoms with Crippen LogP contribution in [0.4, 0.5) is 0 Å². The van der Waals surface area contributed by atoms with Crippen LogP contribution in [0.2, 0.25) is 0 Å². The van der Waals surface area contributed by atoms with Crippen LogP contribution < -0.4 is 5.32 Å². The van der Waals surface area contributed by atoms with E-state index in [9.17, 15) is 9.59 Å². The maximum absolute atomic E-state index is 13.1. The number of carbonyl (C=O) groups is 2. The van der Waals surface area contributed by atoms with E-state index in [4.69, 9.17) is 4.42 Å². The number of piperidine rings is 3. The lowest BCUT2D eigenvalue weighted by Gasteiger charge is -2.44. The molecule has 4 heterocycles. The number of Topliss-reactive ketones (excluding diaryl/α,β-unsaturated/α-hetero) is 1. The third-order valence-corrected chi connectivity index (χ3v) is 7.34. The highest BCUT2D eigenvalue weighted by atomic mass is 16.3. The van der Waals surface area contributed by atoms with Gasteiger partial charge in [-0.15, -0.1) is 0 Å². The highest BCUT2D eigenvalue weighted by Gasteiger charge is 2.35. The van der Waals surface area contributed by atoms with E-state index in [2.05, 4.69) is 10.2 Å². The van der Waals surface area contributed by atoms with Crippen molar-refractivity contribution in [2.75, 3.05) is 46.8 Å². The van der Waals surface area contributed by atoms with Crippen molar-refractivity contribution in [1.29, 1.82) is 0 Å². The summed E-state index contributed by atoms with van der Waals surface area (Å²) in [7, 11) is 3.96. The molecule has 0 saturated carbocycles. The van der Waals surface area contributed by atoms with Gasteiger partial charge in [-0.05, 0) is 75.6 Å². The van der Waals surface area contributed by atoms with E-state index in [1.165, 1.54) is 25.9 Å². The zero-order valence-electron chi connectivity index (χ0n) is 20.0. The Morgan fingerprint density at radius 1 is 1.09 bits per heavy atom. The molecule has 1 atom stereocenters. The second-order valence-electron chi connectivity index (χ2n) is 10.00. The fourth-order valence-corrected chi connectivity index (χ4v) is 5.41. The number of fused-ring (bicyclic) bond motifs is 4. The number of rotatable bonds is 8. The second kappa shape index (κ2) is 9.72. The minimum atomic E-state index is -0.0938. The smallest absolute Gasteiger partial charge is 0.251 e. The number of ketones is 1. The predicted octanol–water partition coefficient (Wildman–Crippen LogP) is 4.31. The van der Waals surface area contributed by atoms with Gasteiger partial charge in [0.2, 0.25) is 0 Å². The van der Waals surface area contributed by atoms with E-state index in [0.29, 0.717) is 41.7 Å². The van der Waals surface area contributed by atoms with Gasteiger partial charge in [-0.25, -0.2) is 0 Å². The van der Waals surface area contributed by atoms with Crippen LogP contribution in [-0.4, -0.2) is 68.3 Å².